The highest BCUT2D eigenvalue weighted by atomic mass is 35.5. The molecule has 67 heavy (non-hydrogen) atoms. The Morgan fingerprint density at radius 3 is 1.96 bits per heavy atom. The molecule has 0 aliphatic carbocycles. The molecule has 0 aliphatic heterocycles. The molecule has 3 aromatic heterocycles. The zero-order valence-corrected chi connectivity index (χ0v) is 41.2. The predicted octanol–water partition coefficient (Wildman–Crippen LogP) is 16.2. The van der Waals surface area contributed by atoms with Crippen molar-refractivity contribution >= 4 is 122 Å². The van der Waals surface area contributed by atoms with Crippen LogP contribution in [0, 0.1) is 59.8 Å². The normalized spacial score (nSPS) is 12.3. The van der Waals surface area contributed by atoms with Gasteiger partial charge in [-0.15, -0.1) is 10.2 Å². The number of hydrogen-bond acceptors (Lipinski definition) is 12. The summed E-state index contributed by atoms with van der Waals surface area (Å²) in [6.07, 6.45) is 0. The lowest BCUT2D eigenvalue weighted by atomic mass is 9.99. The first kappa shape index (κ1) is 45.2. The van der Waals surface area contributed by atoms with Crippen molar-refractivity contribution < 1.29 is 0 Å². The number of pyridine rings is 1. The van der Waals surface area contributed by atoms with E-state index in [9.17, 15) is 5.26 Å². The van der Waals surface area contributed by atoms with Crippen LogP contribution in [0.5, 0.6) is 0 Å². The topological polar surface area (TPSA) is 127 Å². The lowest BCUT2D eigenvalue weighted by Crippen LogP contribution is -2.15. The van der Waals surface area contributed by atoms with Gasteiger partial charge in [0.2, 0.25) is 0 Å². The highest BCUT2D eigenvalue weighted by molar-refractivity contribution is 7.22. The molecular formula is C53H44Cl2N10S2. The zero-order chi connectivity index (χ0) is 47.1. The number of aryl methyl sites for hydroxylation is 7. The van der Waals surface area contributed by atoms with E-state index in [1.807, 2.05) is 85.8 Å². The zero-order valence-electron chi connectivity index (χ0n) is 38.0. The number of thiazole rings is 2. The van der Waals surface area contributed by atoms with E-state index >= 15 is 0 Å². The van der Waals surface area contributed by atoms with E-state index in [-0.39, 0.29) is 11.4 Å². The third-order valence-corrected chi connectivity index (χ3v) is 13.8. The molecule has 0 saturated carbocycles. The van der Waals surface area contributed by atoms with Gasteiger partial charge >= 0.3 is 0 Å². The minimum absolute atomic E-state index is 0.152. The van der Waals surface area contributed by atoms with Crippen LogP contribution in [0.25, 0.3) is 31.2 Å². The average molecular weight is 956 g/mol. The van der Waals surface area contributed by atoms with Gasteiger partial charge in [0.15, 0.2) is 21.9 Å². The standard InChI is InChI=1S/C53H44Cl2N10S2/c1-28-19-30(3)46(31(4)20-28)61-51-47(32(5)23-45(60-51)65(49-33(6)21-29(2)22-34(49)7)53-59-42-26-39(55)16-18-44(42)67-53)63-64-50(62-52-58-41-25-38(54)15-17-43(41)66-52)40(27-56)48(57-8)37-14-13-35-11-9-10-12-36(35)24-37/h9-26H,1-8H3,(H,58,62)(H,60,61)/b50-40+,57-48?,64-63?. The van der Waals surface area contributed by atoms with Crippen molar-refractivity contribution in [1.82, 2.24) is 15.0 Å². The number of benzene rings is 6. The largest absolute Gasteiger partial charge is 0.338 e. The van der Waals surface area contributed by atoms with Crippen LogP contribution in [0.15, 0.2) is 136 Å². The summed E-state index contributed by atoms with van der Waals surface area (Å²) in [6, 6.07) is 38.4. The fourth-order valence-corrected chi connectivity index (χ4v) is 10.7. The molecule has 6 aromatic carbocycles. The molecule has 0 saturated heterocycles. The average Bonchev–Trinajstić information content (AvgIpc) is 3.89. The first-order chi connectivity index (χ1) is 32.3. The lowest BCUT2D eigenvalue weighted by molar-refractivity contribution is 1.08. The van der Waals surface area contributed by atoms with Gasteiger partial charge in [0, 0.05) is 28.3 Å². The molecule has 0 amide bonds. The summed E-state index contributed by atoms with van der Waals surface area (Å²) in [5, 5.41) is 32.5. The third kappa shape index (κ3) is 9.24. The van der Waals surface area contributed by atoms with Crippen LogP contribution < -0.4 is 15.5 Å². The second-order valence-corrected chi connectivity index (χ2v) is 19.4. The van der Waals surface area contributed by atoms with E-state index in [1.54, 1.807) is 24.5 Å². The number of nitrogens with zero attached hydrogens (tertiary/aromatic N) is 8. The fourth-order valence-electron chi connectivity index (χ4n) is 8.52. The van der Waals surface area contributed by atoms with Crippen LogP contribution in [0.4, 0.5) is 39.0 Å². The number of anilines is 6. The summed E-state index contributed by atoms with van der Waals surface area (Å²) in [4.78, 5) is 22.2. The van der Waals surface area contributed by atoms with E-state index in [0.717, 1.165) is 86.7 Å². The van der Waals surface area contributed by atoms with Crippen molar-refractivity contribution in [1.29, 1.82) is 5.26 Å². The first-order valence-electron chi connectivity index (χ1n) is 21.4. The van der Waals surface area contributed by atoms with Gasteiger partial charge in [0.05, 0.1) is 31.8 Å². The molecule has 332 valence electrons. The van der Waals surface area contributed by atoms with E-state index in [4.69, 9.17) is 48.4 Å². The van der Waals surface area contributed by atoms with Gasteiger partial charge in [-0.1, -0.05) is 118 Å². The summed E-state index contributed by atoms with van der Waals surface area (Å²) < 4.78 is 1.90. The van der Waals surface area contributed by atoms with Crippen molar-refractivity contribution in [2.75, 3.05) is 22.6 Å². The Morgan fingerprint density at radius 2 is 1.30 bits per heavy atom. The molecule has 0 fully saturated rings. The van der Waals surface area contributed by atoms with Crippen LogP contribution in [0.3, 0.4) is 0 Å². The Kier molecular flexibility index (Phi) is 12.6. The molecule has 14 heteroatoms. The van der Waals surface area contributed by atoms with Gasteiger partial charge in [-0.25, -0.2) is 15.0 Å². The lowest BCUT2D eigenvalue weighted by Gasteiger charge is -2.27. The minimum Gasteiger partial charge on any atom is -0.338 e. The van der Waals surface area contributed by atoms with Gasteiger partial charge in [0.25, 0.3) is 0 Å². The smallest absolute Gasteiger partial charge is 0.196 e. The third-order valence-electron chi connectivity index (χ3n) is 11.4. The number of aliphatic imine (C=N–C) groups is 1. The molecule has 0 atom stereocenters. The molecule has 2 N–H and O–H groups in total. The van der Waals surface area contributed by atoms with Crippen molar-refractivity contribution in [2.24, 2.45) is 15.2 Å². The fraction of sp³-hybridized carbons (Fsp3) is 0.151. The van der Waals surface area contributed by atoms with Crippen molar-refractivity contribution in [2.45, 2.75) is 48.5 Å². The summed E-state index contributed by atoms with van der Waals surface area (Å²) in [7, 11) is 1.67. The van der Waals surface area contributed by atoms with Gasteiger partial charge in [0.1, 0.15) is 23.1 Å². The van der Waals surface area contributed by atoms with Crippen LogP contribution >= 0.6 is 45.9 Å². The number of aromatic nitrogens is 3. The van der Waals surface area contributed by atoms with Crippen molar-refractivity contribution in [3.05, 3.63) is 175 Å². The molecular weight excluding hydrogens is 912 g/mol. The molecule has 0 radical (unpaired) electrons. The number of allylic oxidation sites excluding steroid dienone is 1. The molecule has 0 aliphatic rings. The van der Waals surface area contributed by atoms with Gasteiger partial charge in [-0.05, 0) is 136 Å². The molecule has 0 bridgehead atoms. The number of rotatable bonds is 11. The summed E-state index contributed by atoms with van der Waals surface area (Å²) in [5.41, 5.74) is 12.5. The first-order valence-corrected chi connectivity index (χ1v) is 23.8. The molecule has 9 rings (SSSR count). The summed E-state index contributed by atoms with van der Waals surface area (Å²) in [6.45, 7) is 14.5. The highest BCUT2D eigenvalue weighted by Gasteiger charge is 2.26. The maximum Gasteiger partial charge on any atom is 0.196 e. The molecule has 0 spiro atoms. The van der Waals surface area contributed by atoms with Gasteiger partial charge in [-0.3, -0.25) is 9.89 Å². The Hall–Kier alpha value is -7.01. The van der Waals surface area contributed by atoms with Crippen LogP contribution in [-0.4, -0.2) is 27.7 Å². The molecule has 3 heterocycles. The summed E-state index contributed by atoms with van der Waals surface area (Å²) >= 11 is 15.8. The molecule has 10 nitrogen and oxygen atoms in total. The number of hydrogen-bond donors (Lipinski definition) is 2. The van der Waals surface area contributed by atoms with E-state index in [0.29, 0.717) is 43.7 Å². The Morgan fingerprint density at radius 1 is 0.672 bits per heavy atom. The number of fused-ring (bicyclic) bond motifs is 3. The number of nitrogens with one attached hydrogen (secondary N) is 2. The minimum atomic E-state index is 0.152. The Balaban J connectivity index is 1.26. The van der Waals surface area contributed by atoms with Crippen molar-refractivity contribution in [3.63, 3.8) is 0 Å². The second-order valence-electron chi connectivity index (χ2n) is 16.5. The SMILES string of the molecule is CN=C(/C(C#N)=C(/N=Nc1c(C)cc(N(c2nc3cc(Cl)ccc3s2)c2c(C)cc(C)cc2C)nc1Nc1c(C)cc(C)cc1C)Nc1nc2cc(Cl)ccc2s1)c1ccc2ccccc2c1. The quantitative estimate of drug-likeness (QED) is 0.0751. The van der Waals surface area contributed by atoms with E-state index in [2.05, 4.69) is 92.4 Å². The maximum atomic E-state index is 11.0. The van der Waals surface area contributed by atoms with Crippen LogP contribution in [0.2, 0.25) is 10.0 Å². The molecule has 0 unspecified atom stereocenters. The Labute approximate surface area is 407 Å². The molecule has 9 aromatic rings. The van der Waals surface area contributed by atoms with E-state index in [1.165, 1.54) is 11.3 Å². The van der Waals surface area contributed by atoms with Gasteiger partial charge in [-0.2, -0.15) is 5.26 Å². The number of halogens is 2. The Bertz CT molecular complexity index is 3530. The number of nitriles is 1. The van der Waals surface area contributed by atoms with Crippen LogP contribution in [-0.2, 0) is 0 Å². The second kappa shape index (κ2) is 18.7. The summed E-state index contributed by atoms with van der Waals surface area (Å²) in [5.74, 6) is 1.23. The number of azo groups is 1. The van der Waals surface area contributed by atoms with Crippen LogP contribution in [0.1, 0.15) is 44.5 Å². The maximum absolute atomic E-state index is 11.0. The monoisotopic (exact) mass is 954 g/mol. The van der Waals surface area contributed by atoms with Crippen molar-refractivity contribution in [3.8, 4) is 6.07 Å². The van der Waals surface area contributed by atoms with Gasteiger partial charge < -0.3 is 10.6 Å². The van der Waals surface area contributed by atoms with E-state index < -0.39 is 0 Å². The predicted molar refractivity (Wildman–Crippen MR) is 282 cm³/mol. The highest BCUT2D eigenvalue weighted by Crippen LogP contribution is 2.45.